The van der Waals surface area contributed by atoms with Crippen LogP contribution >= 0.6 is 0 Å². The molecule has 2 fully saturated rings. The largest absolute Gasteiger partial charge is 0.390 e. The number of hydrogen-bond donors (Lipinski definition) is 1. The topological polar surface area (TPSA) is 32.8 Å². The fourth-order valence-corrected chi connectivity index (χ4v) is 2.87. The molecule has 0 radical (unpaired) electrons. The first-order valence-corrected chi connectivity index (χ1v) is 6.64. The average molecular weight is 212 g/mol. The quantitative estimate of drug-likeness (QED) is 0.711. The lowest BCUT2D eigenvalue weighted by Gasteiger charge is -2.22. The van der Waals surface area contributed by atoms with Gasteiger partial charge in [-0.25, -0.2) is 0 Å². The summed E-state index contributed by atoms with van der Waals surface area (Å²) in [7, 11) is 0. The number of hydrogen-bond acceptors (Lipinski definition) is 2. The number of epoxide rings is 1. The van der Waals surface area contributed by atoms with Crippen LogP contribution in [0.25, 0.3) is 0 Å². The molecule has 15 heavy (non-hydrogen) atoms. The highest BCUT2D eigenvalue weighted by atomic mass is 16.6. The van der Waals surface area contributed by atoms with Crippen molar-refractivity contribution in [3.63, 3.8) is 0 Å². The standard InChI is InChI=1S/C13H24O2/c1-2-12-13(15-12)11(14)9-8-10-6-4-3-5-7-10/h10-14H,2-9H2,1H3. The van der Waals surface area contributed by atoms with Gasteiger partial charge in [0, 0.05) is 0 Å². The lowest BCUT2D eigenvalue weighted by Crippen LogP contribution is -2.19. The van der Waals surface area contributed by atoms with Gasteiger partial charge in [0.05, 0.1) is 12.2 Å². The smallest absolute Gasteiger partial charge is 0.110 e. The molecular weight excluding hydrogens is 188 g/mol. The van der Waals surface area contributed by atoms with Crippen LogP contribution in [-0.4, -0.2) is 23.4 Å². The molecule has 2 nitrogen and oxygen atoms in total. The molecule has 2 heteroatoms. The molecule has 2 rings (SSSR count). The van der Waals surface area contributed by atoms with Crippen molar-refractivity contribution in [1.29, 1.82) is 0 Å². The highest BCUT2D eigenvalue weighted by molar-refractivity contribution is 4.89. The first-order chi connectivity index (χ1) is 7.31. The van der Waals surface area contributed by atoms with E-state index in [1.54, 1.807) is 0 Å². The summed E-state index contributed by atoms with van der Waals surface area (Å²) in [6.45, 7) is 2.12. The fourth-order valence-electron chi connectivity index (χ4n) is 2.87. The molecule has 0 spiro atoms. The summed E-state index contributed by atoms with van der Waals surface area (Å²) in [5.41, 5.74) is 0. The first kappa shape index (κ1) is 11.4. The molecule has 88 valence electrons. The minimum atomic E-state index is -0.197. The summed E-state index contributed by atoms with van der Waals surface area (Å²) < 4.78 is 5.42. The van der Waals surface area contributed by atoms with Crippen molar-refractivity contribution in [3.05, 3.63) is 0 Å². The Kier molecular flexibility index (Phi) is 4.04. The Bertz CT molecular complexity index is 187. The van der Waals surface area contributed by atoms with Crippen molar-refractivity contribution >= 4 is 0 Å². The van der Waals surface area contributed by atoms with E-state index in [1.807, 2.05) is 0 Å². The predicted octanol–water partition coefficient (Wildman–Crippen LogP) is 2.89. The summed E-state index contributed by atoms with van der Waals surface area (Å²) in [4.78, 5) is 0. The van der Waals surface area contributed by atoms with Crippen molar-refractivity contribution in [2.45, 2.75) is 76.6 Å². The third-order valence-corrected chi connectivity index (χ3v) is 4.00. The van der Waals surface area contributed by atoms with Crippen molar-refractivity contribution < 1.29 is 9.84 Å². The van der Waals surface area contributed by atoms with Crippen LogP contribution in [0.15, 0.2) is 0 Å². The van der Waals surface area contributed by atoms with Crippen molar-refractivity contribution in [3.8, 4) is 0 Å². The van der Waals surface area contributed by atoms with Gasteiger partial charge in [0.15, 0.2) is 0 Å². The van der Waals surface area contributed by atoms with Gasteiger partial charge in [0.25, 0.3) is 0 Å². The number of rotatable bonds is 5. The van der Waals surface area contributed by atoms with Gasteiger partial charge in [0.1, 0.15) is 6.10 Å². The number of aliphatic hydroxyl groups is 1. The maximum absolute atomic E-state index is 9.90. The molecule has 0 aromatic carbocycles. The second kappa shape index (κ2) is 5.31. The average Bonchev–Trinajstić information content (AvgIpc) is 3.06. The van der Waals surface area contributed by atoms with E-state index in [2.05, 4.69) is 6.92 Å². The molecule has 0 aromatic heterocycles. The van der Waals surface area contributed by atoms with E-state index in [9.17, 15) is 5.11 Å². The minimum absolute atomic E-state index is 0.165. The Balaban J connectivity index is 1.60. The van der Waals surface area contributed by atoms with Gasteiger partial charge in [-0.3, -0.25) is 0 Å². The van der Waals surface area contributed by atoms with Crippen molar-refractivity contribution in [2.24, 2.45) is 5.92 Å². The van der Waals surface area contributed by atoms with Gasteiger partial charge in [-0.05, 0) is 25.2 Å². The van der Waals surface area contributed by atoms with Crippen LogP contribution < -0.4 is 0 Å². The molecule has 3 unspecified atom stereocenters. The van der Waals surface area contributed by atoms with E-state index >= 15 is 0 Å². The van der Waals surface area contributed by atoms with E-state index in [0.717, 1.165) is 18.8 Å². The number of aliphatic hydroxyl groups excluding tert-OH is 1. The van der Waals surface area contributed by atoms with Gasteiger partial charge < -0.3 is 9.84 Å². The Morgan fingerprint density at radius 1 is 1.27 bits per heavy atom. The van der Waals surface area contributed by atoms with E-state index in [-0.39, 0.29) is 12.2 Å². The highest BCUT2D eigenvalue weighted by Gasteiger charge is 2.42. The molecule has 1 aliphatic heterocycles. The first-order valence-electron chi connectivity index (χ1n) is 6.64. The van der Waals surface area contributed by atoms with E-state index in [0.29, 0.717) is 6.10 Å². The van der Waals surface area contributed by atoms with Gasteiger partial charge in [-0.15, -0.1) is 0 Å². The van der Waals surface area contributed by atoms with Crippen molar-refractivity contribution in [1.82, 2.24) is 0 Å². The SMILES string of the molecule is CCC1OC1C(O)CCC1CCCCC1. The van der Waals surface area contributed by atoms with Crippen LogP contribution in [0.1, 0.15) is 58.3 Å². The highest BCUT2D eigenvalue weighted by Crippen LogP contribution is 2.33. The molecule has 1 saturated carbocycles. The molecule has 1 aliphatic carbocycles. The second-order valence-electron chi connectivity index (χ2n) is 5.20. The monoisotopic (exact) mass is 212 g/mol. The summed E-state index contributed by atoms with van der Waals surface area (Å²) in [5, 5.41) is 9.90. The van der Waals surface area contributed by atoms with Crippen LogP contribution in [0.2, 0.25) is 0 Å². The predicted molar refractivity (Wildman–Crippen MR) is 60.8 cm³/mol. The molecule has 0 amide bonds. The van der Waals surface area contributed by atoms with E-state index in [1.165, 1.54) is 38.5 Å². The zero-order valence-corrected chi connectivity index (χ0v) is 9.82. The van der Waals surface area contributed by atoms with Gasteiger partial charge in [-0.1, -0.05) is 39.0 Å². The Morgan fingerprint density at radius 2 is 2.00 bits per heavy atom. The Hall–Kier alpha value is -0.0800. The lowest BCUT2D eigenvalue weighted by molar-refractivity contribution is 0.115. The van der Waals surface area contributed by atoms with Crippen LogP contribution in [0.4, 0.5) is 0 Å². The molecule has 3 atom stereocenters. The van der Waals surface area contributed by atoms with Crippen LogP contribution in [0.3, 0.4) is 0 Å². The van der Waals surface area contributed by atoms with Crippen molar-refractivity contribution in [2.75, 3.05) is 0 Å². The van der Waals surface area contributed by atoms with Crippen LogP contribution in [0.5, 0.6) is 0 Å². The fraction of sp³-hybridized carbons (Fsp3) is 1.00. The maximum atomic E-state index is 9.90. The van der Waals surface area contributed by atoms with E-state index < -0.39 is 0 Å². The minimum Gasteiger partial charge on any atom is -0.390 e. The van der Waals surface area contributed by atoms with Gasteiger partial charge >= 0.3 is 0 Å². The molecular formula is C13H24O2. The van der Waals surface area contributed by atoms with Crippen LogP contribution in [0, 0.1) is 5.92 Å². The molecule has 0 aromatic rings. The van der Waals surface area contributed by atoms with Gasteiger partial charge in [0.2, 0.25) is 0 Å². The maximum Gasteiger partial charge on any atom is 0.110 e. The molecule has 1 N–H and O–H groups in total. The third-order valence-electron chi connectivity index (χ3n) is 4.00. The second-order valence-corrected chi connectivity index (χ2v) is 5.20. The summed E-state index contributed by atoms with van der Waals surface area (Å²) in [6, 6.07) is 0. The number of ether oxygens (including phenoxy) is 1. The zero-order chi connectivity index (χ0) is 10.7. The molecule has 0 bridgehead atoms. The third kappa shape index (κ3) is 3.18. The molecule has 1 heterocycles. The Labute approximate surface area is 93.0 Å². The molecule has 2 aliphatic rings. The lowest BCUT2D eigenvalue weighted by atomic mass is 9.85. The zero-order valence-electron chi connectivity index (χ0n) is 9.82. The summed E-state index contributed by atoms with van der Waals surface area (Å²) >= 11 is 0. The normalized spacial score (nSPS) is 34.0. The van der Waals surface area contributed by atoms with E-state index in [4.69, 9.17) is 4.74 Å². The summed E-state index contributed by atoms with van der Waals surface area (Å²) in [5.74, 6) is 0.882. The van der Waals surface area contributed by atoms with Gasteiger partial charge in [-0.2, -0.15) is 0 Å². The molecule has 1 saturated heterocycles. The Morgan fingerprint density at radius 3 is 2.60 bits per heavy atom. The van der Waals surface area contributed by atoms with Crippen LogP contribution in [-0.2, 0) is 4.74 Å². The summed E-state index contributed by atoms with van der Waals surface area (Å²) in [6.07, 6.45) is 10.5.